The van der Waals surface area contributed by atoms with Crippen molar-refractivity contribution in [2.45, 2.75) is 142 Å². The summed E-state index contributed by atoms with van der Waals surface area (Å²) in [6, 6.07) is 0. The van der Waals surface area contributed by atoms with Crippen LogP contribution in [0.1, 0.15) is 142 Å². The molecule has 0 radical (unpaired) electrons. The number of unbranched alkanes of at least 4 members (excludes halogenated alkanes) is 18. The van der Waals surface area contributed by atoms with Gasteiger partial charge in [-0.25, -0.2) is 0 Å². The minimum Gasteiger partial charge on any atom is -1.00 e. The van der Waals surface area contributed by atoms with Crippen LogP contribution < -0.4 is 35.4 Å². The van der Waals surface area contributed by atoms with Gasteiger partial charge in [0, 0.05) is 0 Å². The Kier molecular flexibility index (Phi) is 46.4. The highest BCUT2D eigenvalue weighted by Crippen LogP contribution is 2.11. The molecule has 0 aliphatic rings. The van der Waals surface area contributed by atoms with Crippen molar-refractivity contribution in [1.82, 2.24) is 0 Å². The van der Waals surface area contributed by atoms with E-state index in [0.29, 0.717) is 0 Å². The van der Waals surface area contributed by atoms with Crippen molar-refractivity contribution in [3.8, 4) is 0 Å². The van der Waals surface area contributed by atoms with Crippen LogP contribution in [0.5, 0.6) is 0 Å². The summed E-state index contributed by atoms with van der Waals surface area (Å²) in [5.74, 6) is 0. The zero-order chi connectivity index (χ0) is 21.1. The summed E-state index contributed by atoms with van der Waals surface area (Å²) in [6.07, 6.45) is 29.1. The second kappa shape index (κ2) is 36.8. The van der Waals surface area contributed by atoms with Gasteiger partial charge in [-0.3, -0.25) is 0 Å². The molecule has 0 saturated heterocycles. The largest absolute Gasteiger partial charge is 1.00 e. The van der Waals surface area contributed by atoms with E-state index in [1.165, 1.54) is 142 Å². The third-order valence-corrected chi connectivity index (χ3v) is 5.91. The number of hydrogen-bond donors (Lipinski definition) is 2. The van der Waals surface area contributed by atoms with Crippen molar-refractivity contribution >= 4 is 0 Å². The fourth-order valence-electron chi connectivity index (χ4n) is 3.95. The van der Waals surface area contributed by atoms with Crippen LogP contribution in [-0.4, -0.2) is 27.2 Å². The second-order valence-corrected chi connectivity index (χ2v) is 8.82. The lowest BCUT2D eigenvalue weighted by Crippen LogP contribution is -3.09. The van der Waals surface area contributed by atoms with E-state index < -0.39 is 0 Å². The van der Waals surface area contributed by atoms with Crippen molar-refractivity contribution in [3.05, 3.63) is 0 Å². The molecular formula is C26H60Cl2N2. The van der Waals surface area contributed by atoms with Gasteiger partial charge in [0.25, 0.3) is 0 Å². The Morgan fingerprint density at radius 1 is 0.400 bits per heavy atom. The van der Waals surface area contributed by atoms with Crippen molar-refractivity contribution in [1.29, 1.82) is 0 Å². The van der Waals surface area contributed by atoms with Crippen molar-refractivity contribution in [2.24, 2.45) is 0 Å². The highest BCUT2D eigenvalue weighted by Gasteiger charge is 2.01. The zero-order valence-corrected chi connectivity index (χ0v) is 23.0. The summed E-state index contributed by atoms with van der Waals surface area (Å²) in [7, 11) is 4.15. The molecule has 0 unspecified atom stereocenters. The third kappa shape index (κ3) is 35.9. The fraction of sp³-hybridized carbons (Fsp3) is 1.00. The van der Waals surface area contributed by atoms with E-state index in [-0.39, 0.29) is 24.8 Å². The van der Waals surface area contributed by atoms with Crippen LogP contribution >= 0.6 is 0 Å². The third-order valence-electron chi connectivity index (χ3n) is 5.91. The number of rotatable bonds is 22. The minimum absolute atomic E-state index is 0. The molecule has 0 aliphatic carbocycles. The van der Waals surface area contributed by atoms with Gasteiger partial charge in [0.1, 0.15) is 0 Å². The molecule has 0 saturated carbocycles. The number of nitrogens with one attached hydrogen (secondary N) is 1. The van der Waals surface area contributed by atoms with Crippen LogP contribution in [0.25, 0.3) is 0 Å². The van der Waals surface area contributed by atoms with E-state index in [1.807, 2.05) is 0 Å². The summed E-state index contributed by atoms with van der Waals surface area (Å²) >= 11 is 0. The maximum atomic E-state index is 3.25. The molecule has 0 atom stereocenters. The van der Waals surface area contributed by atoms with E-state index >= 15 is 0 Å². The fourth-order valence-corrected chi connectivity index (χ4v) is 3.95. The molecule has 30 heavy (non-hydrogen) atoms. The molecule has 0 amide bonds. The molecule has 0 fully saturated rings. The molecule has 2 nitrogen and oxygen atoms in total. The first kappa shape index (κ1) is 37.8. The average Bonchev–Trinajstić information content (AvgIpc) is 2.72. The predicted octanol–water partition coefficient (Wildman–Crippen LogP) is 0.209. The van der Waals surface area contributed by atoms with Gasteiger partial charge < -0.3 is 35.4 Å². The molecule has 0 rings (SSSR count). The number of halogens is 2. The van der Waals surface area contributed by atoms with Gasteiger partial charge in [-0.05, 0) is 25.7 Å². The Morgan fingerprint density at radius 2 is 0.600 bits per heavy atom. The highest BCUT2D eigenvalue weighted by molar-refractivity contribution is 4.48. The molecule has 0 aromatic carbocycles. The lowest BCUT2D eigenvalue weighted by molar-refractivity contribution is -0.880. The SMILES string of the molecule is CCCCCCCCCCCC[NH+](C)CCCCCCCCCCCC.C[NH3+].[Cl-].[Cl-]. The Bertz CT molecular complexity index is 229. The van der Waals surface area contributed by atoms with Crippen molar-refractivity contribution in [2.75, 3.05) is 27.2 Å². The quantitative estimate of drug-likeness (QED) is 0.212. The number of quaternary nitrogens is 2. The predicted molar refractivity (Wildman–Crippen MR) is 129 cm³/mol. The first-order valence-electron chi connectivity index (χ1n) is 13.3. The number of hydrogen-bond acceptors (Lipinski definition) is 0. The van der Waals surface area contributed by atoms with Gasteiger partial charge in [0.2, 0.25) is 0 Å². The Balaban J connectivity index is -0.000000817. The van der Waals surface area contributed by atoms with E-state index in [0.717, 1.165) is 0 Å². The maximum Gasteiger partial charge on any atom is 0.0768 e. The van der Waals surface area contributed by atoms with Crippen LogP contribution in [-0.2, 0) is 0 Å². The molecule has 0 heterocycles. The van der Waals surface area contributed by atoms with Crippen molar-refractivity contribution in [3.63, 3.8) is 0 Å². The summed E-state index contributed by atoms with van der Waals surface area (Å²) < 4.78 is 0. The van der Waals surface area contributed by atoms with Crippen molar-refractivity contribution < 1.29 is 35.4 Å². The van der Waals surface area contributed by atoms with E-state index in [9.17, 15) is 0 Å². The van der Waals surface area contributed by atoms with Crippen LogP contribution in [0, 0.1) is 0 Å². The summed E-state index contributed by atoms with van der Waals surface area (Å²) in [5.41, 5.74) is 3.25. The minimum atomic E-state index is 0. The molecular weight excluding hydrogens is 411 g/mol. The van der Waals surface area contributed by atoms with Gasteiger partial charge in [-0.15, -0.1) is 0 Å². The summed E-state index contributed by atoms with van der Waals surface area (Å²) in [6.45, 7) is 7.40. The standard InChI is InChI=1S/C25H53N.CH5N.2ClH/c1-4-6-8-10-12-14-16-18-20-22-24-26(3)25-23-21-19-17-15-13-11-9-7-5-2;1-2;;/h4-25H2,1-3H3;2H2,1H3;2*1H. The zero-order valence-electron chi connectivity index (χ0n) is 21.5. The van der Waals surface area contributed by atoms with Gasteiger partial charge >= 0.3 is 0 Å². The maximum absolute atomic E-state index is 3.25. The van der Waals surface area contributed by atoms with Crippen LogP contribution in [0.15, 0.2) is 0 Å². The van der Waals surface area contributed by atoms with Gasteiger partial charge in [-0.1, -0.05) is 117 Å². The smallest absolute Gasteiger partial charge is 0.0768 e. The molecule has 0 aromatic heterocycles. The normalized spacial score (nSPS) is 10.2. The first-order valence-corrected chi connectivity index (χ1v) is 13.3. The average molecular weight is 472 g/mol. The second-order valence-electron chi connectivity index (χ2n) is 8.82. The van der Waals surface area contributed by atoms with Gasteiger partial charge in [-0.2, -0.15) is 0 Å². The highest BCUT2D eigenvalue weighted by atomic mass is 35.5. The molecule has 0 aliphatic heterocycles. The van der Waals surface area contributed by atoms with Gasteiger partial charge in [0.15, 0.2) is 0 Å². The van der Waals surface area contributed by atoms with Crippen LogP contribution in [0.3, 0.4) is 0 Å². The molecule has 0 spiro atoms. The molecule has 4 N–H and O–H groups in total. The summed E-state index contributed by atoms with van der Waals surface area (Å²) in [5, 5.41) is 0. The molecule has 4 heteroatoms. The topological polar surface area (TPSA) is 32.1 Å². The summed E-state index contributed by atoms with van der Waals surface area (Å²) in [4.78, 5) is 1.77. The first-order chi connectivity index (χ1) is 13.8. The Hall–Kier alpha value is 0.500. The van der Waals surface area contributed by atoms with Gasteiger partial charge in [0.05, 0.1) is 27.2 Å². The van der Waals surface area contributed by atoms with Crippen LogP contribution in [0.4, 0.5) is 0 Å². The Morgan fingerprint density at radius 3 is 0.833 bits per heavy atom. The lowest BCUT2D eigenvalue weighted by Gasteiger charge is -2.13. The monoisotopic (exact) mass is 470 g/mol. The van der Waals surface area contributed by atoms with E-state index in [1.54, 1.807) is 11.9 Å². The molecule has 188 valence electrons. The molecule has 0 aromatic rings. The Labute approximate surface area is 204 Å². The van der Waals surface area contributed by atoms with E-state index in [4.69, 9.17) is 0 Å². The van der Waals surface area contributed by atoms with Crippen LogP contribution in [0.2, 0.25) is 0 Å². The lowest BCUT2D eigenvalue weighted by atomic mass is 10.1. The molecule has 0 bridgehead atoms. The van der Waals surface area contributed by atoms with E-state index in [2.05, 4.69) is 26.6 Å².